The quantitative estimate of drug-likeness (QED) is 0.648. The number of cyclic esters (lactones) is 1. The molecule has 0 radical (unpaired) electrons. The standard InChI is InChI=1S/C9H16O3/c1-2-9(5-6-10)4-3-8(11)12-7-9/h10H,2-7H2,1H3/t9-/m0/s1. The average molecular weight is 172 g/mol. The number of carbonyl (C=O) groups is 1. The molecule has 1 heterocycles. The van der Waals surface area contributed by atoms with Gasteiger partial charge in [-0.3, -0.25) is 4.79 Å². The van der Waals surface area contributed by atoms with E-state index in [-0.39, 0.29) is 18.0 Å². The van der Waals surface area contributed by atoms with E-state index in [0.29, 0.717) is 13.0 Å². The second kappa shape index (κ2) is 3.90. The van der Waals surface area contributed by atoms with Gasteiger partial charge in [-0.05, 0) is 19.3 Å². The fraction of sp³-hybridized carbons (Fsp3) is 0.889. The minimum atomic E-state index is -0.1000. The molecule has 1 saturated heterocycles. The summed E-state index contributed by atoms with van der Waals surface area (Å²) in [5, 5.41) is 8.84. The number of carbonyl (C=O) groups excluding carboxylic acids is 1. The molecule has 0 unspecified atom stereocenters. The molecular formula is C9H16O3. The number of hydrogen-bond acceptors (Lipinski definition) is 3. The van der Waals surface area contributed by atoms with Gasteiger partial charge in [-0.1, -0.05) is 6.92 Å². The van der Waals surface area contributed by atoms with Crippen molar-refractivity contribution < 1.29 is 14.6 Å². The second-order valence-electron chi connectivity index (χ2n) is 3.49. The van der Waals surface area contributed by atoms with Gasteiger partial charge in [-0.2, -0.15) is 0 Å². The average Bonchev–Trinajstić information content (AvgIpc) is 2.10. The van der Waals surface area contributed by atoms with Crippen molar-refractivity contribution in [1.29, 1.82) is 0 Å². The van der Waals surface area contributed by atoms with E-state index < -0.39 is 0 Å². The molecule has 12 heavy (non-hydrogen) atoms. The first-order valence-electron chi connectivity index (χ1n) is 4.49. The van der Waals surface area contributed by atoms with Crippen LogP contribution in [0.25, 0.3) is 0 Å². The fourth-order valence-corrected chi connectivity index (χ4v) is 1.64. The Bertz CT molecular complexity index is 155. The lowest BCUT2D eigenvalue weighted by molar-refractivity contribution is -0.155. The lowest BCUT2D eigenvalue weighted by atomic mass is 9.77. The first kappa shape index (κ1) is 9.52. The monoisotopic (exact) mass is 172 g/mol. The van der Waals surface area contributed by atoms with Crippen molar-refractivity contribution in [2.45, 2.75) is 32.6 Å². The lowest BCUT2D eigenvalue weighted by Gasteiger charge is -2.34. The van der Waals surface area contributed by atoms with Gasteiger partial charge in [0.2, 0.25) is 0 Å². The topological polar surface area (TPSA) is 46.5 Å². The molecule has 1 aliphatic rings. The van der Waals surface area contributed by atoms with Crippen LogP contribution in [0.4, 0.5) is 0 Å². The molecule has 0 aromatic rings. The molecule has 0 aromatic heterocycles. The van der Waals surface area contributed by atoms with Gasteiger partial charge >= 0.3 is 5.97 Å². The highest BCUT2D eigenvalue weighted by molar-refractivity contribution is 5.70. The summed E-state index contributed by atoms with van der Waals surface area (Å²) in [5.74, 6) is -0.1000. The van der Waals surface area contributed by atoms with Crippen LogP contribution in [0.2, 0.25) is 0 Å². The molecule has 0 aliphatic carbocycles. The number of esters is 1. The van der Waals surface area contributed by atoms with E-state index in [1.54, 1.807) is 0 Å². The van der Waals surface area contributed by atoms with E-state index in [2.05, 4.69) is 6.92 Å². The van der Waals surface area contributed by atoms with Crippen LogP contribution in [0.5, 0.6) is 0 Å². The van der Waals surface area contributed by atoms with Gasteiger partial charge in [0.1, 0.15) is 0 Å². The van der Waals surface area contributed by atoms with Crippen LogP contribution in [0, 0.1) is 5.41 Å². The van der Waals surface area contributed by atoms with E-state index in [9.17, 15) is 4.79 Å². The highest BCUT2D eigenvalue weighted by atomic mass is 16.5. The molecule has 1 rings (SSSR count). The lowest BCUT2D eigenvalue weighted by Crippen LogP contribution is -2.34. The Morgan fingerprint density at radius 3 is 2.83 bits per heavy atom. The zero-order valence-electron chi connectivity index (χ0n) is 7.51. The van der Waals surface area contributed by atoms with Crippen LogP contribution in [-0.2, 0) is 9.53 Å². The molecule has 1 atom stereocenters. The van der Waals surface area contributed by atoms with Crippen molar-refractivity contribution in [2.75, 3.05) is 13.2 Å². The molecule has 0 bridgehead atoms. The van der Waals surface area contributed by atoms with Crippen molar-refractivity contribution in [3.05, 3.63) is 0 Å². The van der Waals surface area contributed by atoms with Gasteiger partial charge in [0, 0.05) is 18.4 Å². The zero-order chi connectivity index (χ0) is 9.03. The van der Waals surface area contributed by atoms with Gasteiger partial charge < -0.3 is 9.84 Å². The molecule has 3 heteroatoms. The van der Waals surface area contributed by atoms with Crippen LogP contribution in [0.15, 0.2) is 0 Å². The largest absolute Gasteiger partial charge is 0.465 e. The van der Waals surface area contributed by atoms with E-state index in [0.717, 1.165) is 19.3 Å². The Morgan fingerprint density at radius 2 is 2.42 bits per heavy atom. The Kier molecular flexibility index (Phi) is 3.09. The third kappa shape index (κ3) is 1.97. The first-order valence-corrected chi connectivity index (χ1v) is 4.49. The Hall–Kier alpha value is -0.570. The van der Waals surface area contributed by atoms with Crippen molar-refractivity contribution >= 4 is 5.97 Å². The van der Waals surface area contributed by atoms with Crippen LogP contribution >= 0.6 is 0 Å². The predicted molar refractivity (Wildman–Crippen MR) is 44.6 cm³/mol. The fourth-order valence-electron chi connectivity index (χ4n) is 1.64. The zero-order valence-corrected chi connectivity index (χ0v) is 7.51. The maximum absolute atomic E-state index is 10.8. The summed E-state index contributed by atoms with van der Waals surface area (Å²) in [5.41, 5.74) is 0.0582. The number of hydrogen-bond donors (Lipinski definition) is 1. The molecule has 0 aromatic carbocycles. The highest BCUT2D eigenvalue weighted by Gasteiger charge is 2.33. The molecule has 1 fully saturated rings. The normalized spacial score (nSPS) is 30.0. The smallest absolute Gasteiger partial charge is 0.305 e. The van der Waals surface area contributed by atoms with Crippen LogP contribution in [0.3, 0.4) is 0 Å². The van der Waals surface area contributed by atoms with Crippen LogP contribution in [0.1, 0.15) is 32.6 Å². The predicted octanol–water partition coefficient (Wildman–Crippen LogP) is 1.10. The van der Waals surface area contributed by atoms with Crippen molar-refractivity contribution in [2.24, 2.45) is 5.41 Å². The number of ether oxygens (including phenoxy) is 1. The van der Waals surface area contributed by atoms with Gasteiger partial charge in [0.05, 0.1) is 6.61 Å². The van der Waals surface area contributed by atoms with Crippen molar-refractivity contribution in [3.63, 3.8) is 0 Å². The van der Waals surface area contributed by atoms with E-state index >= 15 is 0 Å². The van der Waals surface area contributed by atoms with E-state index in [4.69, 9.17) is 9.84 Å². The van der Waals surface area contributed by atoms with Gasteiger partial charge in [-0.15, -0.1) is 0 Å². The van der Waals surface area contributed by atoms with Crippen LogP contribution < -0.4 is 0 Å². The maximum atomic E-state index is 10.8. The van der Waals surface area contributed by atoms with Crippen LogP contribution in [-0.4, -0.2) is 24.3 Å². The number of rotatable bonds is 3. The molecule has 0 spiro atoms. The minimum absolute atomic E-state index is 0.0582. The maximum Gasteiger partial charge on any atom is 0.305 e. The SMILES string of the molecule is CC[C@@]1(CCO)CCC(=O)OC1. The van der Waals surface area contributed by atoms with Crippen molar-refractivity contribution in [3.8, 4) is 0 Å². The summed E-state index contributed by atoms with van der Waals surface area (Å²) < 4.78 is 4.99. The van der Waals surface area contributed by atoms with E-state index in [1.165, 1.54) is 0 Å². The number of aliphatic hydroxyl groups is 1. The summed E-state index contributed by atoms with van der Waals surface area (Å²) >= 11 is 0. The molecule has 70 valence electrons. The van der Waals surface area contributed by atoms with Crippen molar-refractivity contribution in [1.82, 2.24) is 0 Å². The molecule has 3 nitrogen and oxygen atoms in total. The third-order valence-electron chi connectivity index (χ3n) is 2.79. The highest BCUT2D eigenvalue weighted by Crippen LogP contribution is 2.35. The Labute approximate surface area is 72.7 Å². The Morgan fingerprint density at radius 1 is 1.67 bits per heavy atom. The summed E-state index contributed by atoms with van der Waals surface area (Å²) in [6, 6.07) is 0. The Balaban J connectivity index is 2.50. The molecule has 1 N–H and O–H groups in total. The van der Waals surface area contributed by atoms with Gasteiger partial charge in [-0.25, -0.2) is 0 Å². The van der Waals surface area contributed by atoms with Gasteiger partial charge in [0.25, 0.3) is 0 Å². The molecule has 0 amide bonds. The summed E-state index contributed by atoms with van der Waals surface area (Å²) in [6.45, 7) is 2.75. The molecular weight excluding hydrogens is 156 g/mol. The van der Waals surface area contributed by atoms with Gasteiger partial charge in [0.15, 0.2) is 0 Å². The minimum Gasteiger partial charge on any atom is -0.465 e. The number of aliphatic hydroxyl groups excluding tert-OH is 1. The van der Waals surface area contributed by atoms with E-state index in [1.807, 2.05) is 0 Å². The summed E-state index contributed by atoms with van der Waals surface area (Å²) in [6.07, 6.45) is 3.09. The third-order valence-corrected chi connectivity index (χ3v) is 2.79. The first-order chi connectivity index (χ1) is 5.72. The summed E-state index contributed by atoms with van der Waals surface area (Å²) in [4.78, 5) is 10.8. The molecule has 0 saturated carbocycles. The summed E-state index contributed by atoms with van der Waals surface area (Å²) in [7, 11) is 0. The molecule has 1 aliphatic heterocycles. The second-order valence-corrected chi connectivity index (χ2v) is 3.49.